The van der Waals surface area contributed by atoms with E-state index >= 15 is 0 Å². The van der Waals surface area contributed by atoms with Gasteiger partial charge in [-0.3, -0.25) is 14.9 Å². The molecule has 0 atom stereocenters. The molecule has 3 rings (SSSR count). The second-order valence-corrected chi connectivity index (χ2v) is 8.75. The SMILES string of the molecule is CCOC(=O)c1sc(CC(=O)C(C#N)=Cc2cccn2-c2cccc([N+](=O)[O-])c2)c(C(=O)OCC)c1C. The third-order valence-corrected chi connectivity index (χ3v) is 6.57. The van der Waals surface area contributed by atoms with Crippen molar-refractivity contribution >= 4 is 40.8 Å². The first-order chi connectivity index (χ1) is 17.7. The van der Waals surface area contributed by atoms with E-state index in [1.807, 2.05) is 6.07 Å². The molecule has 3 aromatic rings. The van der Waals surface area contributed by atoms with Crippen LogP contribution in [0.15, 0.2) is 48.2 Å². The van der Waals surface area contributed by atoms with E-state index in [0.717, 1.165) is 11.3 Å². The molecule has 0 amide bonds. The Morgan fingerprint density at radius 2 is 1.84 bits per heavy atom. The molecule has 37 heavy (non-hydrogen) atoms. The van der Waals surface area contributed by atoms with Gasteiger partial charge in [-0.25, -0.2) is 9.59 Å². The lowest BCUT2D eigenvalue weighted by molar-refractivity contribution is -0.384. The van der Waals surface area contributed by atoms with Crippen LogP contribution in [0.1, 0.15) is 50.0 Å². The fourth-order valence-electron chi connectivity index (χ4n) is 3.63. The first-order valence-corrected chi connectivity index (χ1v) is 12.1. The predicted octanol–water partition coefficient (Wildman–Crippen LogP) is 4.83. The Hall–Kier alpha value is -4.56. The number of nitro groups is 1. The van der Waals surface area contributed by atoms with Crippen LogP contribution < -0.4 is 0 Å². The van der Waals surface area contributed by atoms with Gasteiger partial charge in [0.2, 0.25) is 0 Å². The number of ether oxygens (including phenoxy) is 2. The van der Waals surface area contributed by atoms with E-state index in [2.05, 4.69) is 0 Å². The molecule has 0 radical (unpaired) electrons. The molecule has 0 N–H and O–H groups in total. The minimum Gasteiger partial charge on any atom is -0.462 e. The molecule has 2 heterocycles. The molecule has 0 bridgehead atoms. The fourth-order valence-corrected chi connectivity index (χ4v) is 4.81. The summed E-state index contributed by atoms with van der Waals surface area (Å²) in [6.45, 7) is 5.13. The van der Waals surface area contributed by atoms with Gasteiger partial charge in [-0.1, -0.05) is 6.07 Å². The number of hydrogen-bond acceptors (Lipinski definition) is 9. The molecule has 10 nitrogen and oxygen atoms in total. The Bertz CT molecular complexity index is 1440. The van der Waals surface area contributed by atoms with E-state index in [4.69, 9.17) is 9.47 Å². The van der Waals surface area contributed by atoms with Gasteiger partial charge in [-0.05, 0) is 50.6 Å². The van der Waals surface area contributed by atoms with Crippen molar-refractivity contribution in [3.63, 3.8) is 0 Å². The third kappa shape index (κ3) is 5.99. The largest absolute Gasteiger partial charge is 0.462 e. The molecule has 0 spiro atoms. The van der Waals surface area contributed by atoms with Crippen LogP contribution in [0, 0.1) is 28.4 Å². The third-order valence-electron chi connectivity index (χ3n) is 5.29. The zero-order valence-corrected chi connectivity index (χ0v) is 21.2. The fraction of sp³-hybridized carbons (Fsp3) is 0.231. The van der Waals surface area contributed by atoms with Gasteiger partial charge in [-0.15, -0.1) is 11.3 Å². The Morgan fingerprint density at radius 3 is 2.49 bits per heavy atom. The minimum absolute atomic E-state index is 0.102. The Kier molecular flexibility index (Phi) is 8.71. The van der Waals surface area contributed by atoms with Crippen molar-refractivity contribution in [2.75, 3.05) is 13.2 Å². The topological polar surface area (TPSA) is 142 Å². The second-order valence-electron chi connectivity index (χ2n) is 7.65. The van der Waals surface area contributed by atoms with Gasteiger partial charge in [0.25, 0.3) is 5.69 Å². The number of aromatic nitrogens is 1. The molecule has 0 aliphatic heterocycles. The number of Topliss-reactive ketones (excluding diaryl/α,β-unsaturated/α-hetero) is 1. The molecule has 0 saturated carbocycles. The highest BCUT2D eigenvalue weighted by molar-refractivity contribution is 7.14. The highest BCUT2D eigenvalue weighted by Crippen LogP contribution is 2.31. The van der Waals surface area contributed by atoms with Crippen LogP contribution in [0.2, 0.25) is 0 Å². The summed E-state index contributed by atoms with van der Waals surface area (Å²) in [6, 6.07) is 11.2. The number of carbonyl (C=O) groups excluding carboxylic acids is 3. The maximum Gasteiger partial charge on any atom is 0.348 e. The molecule has 0 fully saturated rings. The smallest absolute Gasteiger partial charge is 0.348 e. The molecule has 0 unspecified atom stereocenters. The molecule has 11 heteroatoms. The summed E-state index contributed by atoms with van der Waals surface area (Å²) in [5.41, 5.74) is 1.10. The van der Waals surface area contributed by atoms with Crippen molar-refractivity contribution in [3.8, 4) is 11.8 Å². The summed E-state index contributed by atoms with van der Waals surface area (Å²) in [5, 5.41) is 20.9. The summed E-state index contributed by atoms with van der Waals surface area (Å²) in [7, 11) is 0. The number of nitrogens with zero attached hydrogens (tertiary/aromatic N) is 3. The van der Waals surface area contributed by atoms with Gasteiger partial charge in [0.15, 0.2) is 5.78 Å². The predicted molar refractivity (Wildman–Crippen MR) is 136 cm³/mol. The summed E-state index contributed by atoms with van der Waals surface area (Å²) in [4.78, 5) is 49.3. The van der Waals surface area contributed by atoms with E-state index in [-0.39, 0.29) is 41.3 Å². The number of rotatable bonds is 10. The number of hydrogen-bond donors (Lipinski definition) is 0. The molecule has 0 aliphatic rings. The highest BCUT2D eigenvalue weighted by Gasteiger charge is 2.28. The van der Waals surface area contributed by atoms with Crippen LogP contribution >= 0.6 is 11.3 Å². The average Bonchev–Trinajstić information content (AvgIpc) is 3.46. The standard InChI is InChI=1S/C26H23N3O7S/c1-4-35-25(31)23-16(3)24(26(32)36-5-2)37-22(23)14-21(30)17(15-27)12-18-10-7-11-28(18)19-8-6-9-20(13-19)29(33)34/h6-13H,4-5,14H2,1-3H3. The first kappa shape index (κ1) is 27.0. The van der Waals surface area contributed by atoms with Crippen molar-refractivity contribution in [2.45, 2.75) is 27.2 Å². The lowest BCUT2D eigenvalue weighted by Crippen LogP contribution is -2.12. The number of non-ortho nitro benzene ring substituents is 1. The number of benzene rings is 1. The number of ketones is 1. The van der Waals surface area contributed by atoms with E-state index in [0.29, 0.717) is 21.8 Å². The van der Waals surface area contributed by atoms with Gasteiger partial charge >= 0.3 is 11.9 Å². The van der Waals surface area contributed by atoms with Crippen molar-refractivity contribution in [1.82, 2.24) is 4.57 Å². The van der Waals surface area contributed by atoms with Crippen LogP contribution in [0.4, 0.5) is 5.69 Å². The van der Waals surface area contributed by atoms with Crippen LogP contribution in [-0.2, 0) is 20.7 Å². The normalized spacial score (nSPS) is 11.0. The van der Waals surface area contributed by atoms with Crippen LogP contribution in [0.5, 0.6) is 0 Å². The number of thiophene rings is 1. The molecule has 1 aromatic carbocycles. The number of nitriles is 1. The van der Waals surface area contributed by atoms with Gasteiger partial charge in [0.05, 0.1) is 35.0 Å². The first-order valence-electron chi connectivity index (χ1n) is 11.2. The van der Waals surface area contributed by atoms with E-state index in [1.165, 1.54) is 24.3 Å². The second kappa shape index (κ2) is 11.9. The van der Waals surface area contributed by atoms with Gasteiger partial charge in [-0.2, -0.15) is 5.26 Å². The maximum absolute atomic E-state index is 13.2. The number of esters is 2. The Morgan fingerprint density at radius 1 is 1.14 bits per heavy atom. The monoisotopic (exact) mass is 521 g/mol. The minimum atomic E-state index is -0.670. The van der Waals surface area contributed by atoms with Crippen LogP contribution in [-0.4, -0.2) is 40.4 Å². The van der Waals surface area contributed by atoms with Gasteiger partial charge < -0.3 is 14.0 Å². The zero-order valence-electron chi connectivity index (χ0n) is 20.3. The number of nitro benzene ring substituents is 1. The quantitative estimate of drug-likeness (QED) is 0.121. The zero-order chi connectivity index (χ0) is 27.1. The van der Waals surface area contributed by atoms with Crippen molar-refractivity contribution in [2.24, 2.45) is 0 Å². The lowest BCUT2D eigenvalue weighted by Gasteiger charge is -2.07. The highest BCUT2D eigenvalue weighted by atomic mass is 32.1. The van der Waals surface area contributed by atoms with Crippen LogP contribution in [0.25, 0.3) is 11.8 Å². The van der Waals surface area contributed by atoms with E-state index < -0.39 is 22.6 Å². The molecular formula is C26H23N3O7S. The van der Waals surface area contributed by atoms with E-state index in [9.17, 15) is 29.8 Å². The molecule has 190 valence electrons. The molecule has 0 aliphatic carbocycles. The lowest BCUT2D eigenvalue weighted by atomic mass is 10.0. The van der Waals surface area contributed by atoms with Crippen molar-refractivity contribution in [3.05, 3.63) is 84.9 Å². The van der Waals surface area contributed by atoms with Crippen molar-refractivity contribution in [1.29, 1.82) is 5.26 Å². The van der Waals surface area contributed by atoms with Gasteiger partial charge in [0.1, 0.15) is 10.9 Å². The summed E-state index contributed by atoms with van der Waals surface area (Å²) >= 11 is 0.955. The number of carbonyl (C=O) groups is 3. The van der Waals surface area contributed by atoms with Crippen molar-refractivity contribution < 1.29 is 28.8 Å². The summed E-state index contributed by atoms with van der Waals surface area (Å²) < 4.78 is 11.8. The summed E-state index contributed by atoms with van der Waals surface area (Å²) in [5.74, 6) is -1.85. The molecule has 2 aromatic heterocycles. The van der Waals surface area contributed by atoms with Gasteiger partial charge in [0, 0.05) is 35.3 Å². The molecule has 0 saturated heterocycles. The average molecular weight is 522 g/mol. The Balaban J connectivity index is 1.98. The Labute approximate surface area is 216 Å². The number of allylic oxidation sites excluding steroid dienone is 1. The maximum atomic E-state index is 13.2. The van der Waals surface area contributed by atoms with Crippen LogP contribution in [0.3, 0.4) is 0 Å². The summed E-state index contributed by atoms with van der Waals surface area (Å²) in [6.07, 6.45) is 2.71. The molecular weight excluding hydrogens is 498 g/mol. The van der Waals surface area contributed by atoms with E-state index in [1.54, 1.807) is 49.7 Å².